The van der Waals surface area contributed by atoms with Crippen LogP contribution in [0.2, 0.25) is 0 Å². The van der Waals surface area contributed by atoms with Crippen molar-refractivity contribution >= 4 is 0 Å². The minimum Gasteiger partial charge on any atom is -0.389 e. The Balaban J connectivity index is 2.41. The third kappa shape index (κ3) is 6.37. The zero-order chi connectivity index (χ0) is 16.3. The lowest BCUT2D eigenvalue weighted by Gasteiger charge is -2.33. The largest absolute Gasteiger partial charge is 0.423 e. The molecule has 1 heterocycles. The maximum Gasteiger partial charge on any atom is 0.423 e. The number of aliphatic hydroxyl groups is 1. The number of hydrogen-bond acceptors (Lipinski definition) is 4. The summed E-state index contributed by atoms with van der Waals surface area (Å²) in [7, 11) is 1.90. The number of likely N-dealkylation sites (N-methyl/N-ethyl adjacent to an activating group) is 1. The molecule has 0 aliphatic carbocycles. The first kappa shape index (κ1) is 18.5. The van der Waals surface area contributed by atoms with Crippen LogP contribution in [0.3, 0.4) is 0 Å². The first-order valence-electron chi connectivity index (χ1n) is 6.34. The molecule has 1 saturated heterocycles. The molecule has 126 valence electrons. The van der Waals surface area contributed by atoms with Gasteiger partial charge in [-0.15, -0.1) is 0 Å². The molecule has 1 atom stereocenters. The van der Waals surface area contributed by atoms with Crippen molar-refractivity contribution in [3.8, 4) is 0 Å². The summed E-state index contributed by atoms with van der Waals surface area (Å²) in [6.07, 6.45) is -16.4. The Morgan fingerprint density at radius 1 is 1.00 bits per heavy atom. The number of piperazine rings is 1. The van der Waals surface area contributed by atoms with E-state index >= 15 is 0 Å². The number of alkyl halides is 6. The summed E-state index contributed by atoms with van der Waals surface area (Å²) in [5, 5.41) is 9.53. The maximum atomic E-state index is 12.2. The predicted molar refractivity (Wildman–Crippen MR) is 61.8 cm³/mol. The molecule has 1 rings (SSSR count). The van der Waals surface area contributed by atoms with Crippen LogP contribution < -0.4 is 0 Å². The van der Waals surface area contributed by atoms with E-state index in [1.807, 2.05) is 11.9 Å². The zero-order valence-electron chi connectivity index (χ0n) is 11.4. The molecule has 0 bridgehead atoms. The Hall–Kier alpha value is -0.580. The van der Waals surface area contributed by atoms with E-state index in [1.165, 1.54) is 0 Å². The average molecular weight is 324 g/mol. The number of hydrogen-bond donors (Lipinski definition) is 1. The van der Waals surface area contributed by atoms with E-state index in [9.17, 15) is 31.4 Å². The normalized spacial score (nSPS) is 21.0. The van der Waals surface area contributed by atoms with Gasteiger partial charge in [0.25, 0.3) is 0 Å². The highest BCUT2D eigenvalue weighted by Crippen LogP contribution is 2.35. The van der Waals surface area contributed by atoms with Gasteiger partial charge in [0.1, 0.15) is 0 Å². The van der Waals surface area contributed by atoms with Crippen molar-refractivity contribution in [2.75, 3.05) is 46.4 Å². The number of ether oxygens (including phenoxy) is 1. The minimum atomic E-state index is -5.55. The summed E-state index contributed by atoms with van der Waals surface area (Å²) < 4.78 is 77.2. The van der Waals surface area contributed by atoms with E-state index in [4.69, 9.17) is 0 Å². The Labute approximate surface area is 118 Å². The first-order chi connectivity index (χ1) is 9.50. The van der Waals surface area contributed by atoms with Gasteiger partial charge in [-0.05, 0) is 7.05 Å². The van der Waals surface area contributed by atoms with Crippen LogP contribution in [-0.4, -0.2) is 85.8 Å². The van der Waals surface area contributed by atoms with Crippen LogP contribution in [0.1, 0.15) is 0 Å². The highest BCUT2D eigenvalue weighted by atomic mass is 19.4. The van der Waals surface area contributed by atoms with Gasteiger partial charge in [-0.25, -0.2) is 0 Å². The maximum absolute atomic E-state index is 12.2. The van der Waals surface area contributed by atoms with Crippen LogP contribution in [0.15, 0.2) is 0 Å². The van der Waals surface area contributed by atoms with Gasteiger partial charge in [0.2, 0.25) is 6.10 Å². The second kappa shape index (κ2) is 7.12. The Morgan fingerprint density at radius 2 is 1.48 bits per heavy atom. The summed E-state index contributed by atoms with van der Waals surface area (Å²) in [6.45, 7) is 1.60. The Morgan fingerprint density at radius 3 is 1.90 bits per heavy atom. The van der Waals surface area contributed by atoms with E-state index in [1.54, 1.807) is 4.90 Å². The summed E-state index contributed by atoms with van der Waals surface area (Å²) >= 11 is 0. The van der Waals surface area contributed by atoms with E-state index < -0.39 is 31.2 Å². The molecule has 0 aromatic carbocycles. The molecule has 0 spiro atoms. The predicted octanol–water partition coefficient (Wildman–Crippen LogP) is 1.10. The van der Waals surface area contributed by atoms with Crippen molar-refractivity contribution in [1.82, 2.24) is 9.80 Å². The molecule has 0 amide bonds. The molecule has 21 heavy (non-hydrogen) atoms. The third-order valence-electron chi connectivity index (χ3n) is 3.11. The lowest BCUT2D eigenvalue weighted by atomic mass is 10.2. The Bertz CT molecular complexity index is 301. The standard InChI is InChI=1S/C11H18F6N2O2/c1-18-2-4-19(5-3-18)6-8(20)7-21-9(10(12,13)14)11(15,16)17/h8-9,20H,2-7H2,1H3/t8-/m0/s1. The summed E-state index contributed by atoms with van der Waals surface area (Å²) in [5.41, 5.74) is 0. The van der Waals surface area contributed by atoms with Gasteiger partial charge in [0, 0.05) is 32.7 Å². The summed E-state index contributed by atoms with van der Waals surface area (Å²) in [4.78, 5) is 3.80. The quantitative estimate of drug-likeness (QED) is 0.769. The fourth-order valence-corrected chi connectivity index (χ4v) is 1.96. The molecule has 0 unspecified atom stereocenters. The molecule has 10 heteroatoms. The average Bonchev–Trinajstić information content (AvgIpc) is 2.28. The molecular formula is C11H18F6N2O2. The van der Waals surface area contributed by atoms with Crippen LogP contribution in [0.5, 0.6) is 0 Å². The van der Waals surface area contributed by atoms with E-state index in [2.05, 4.69) is 4.74 Å². The van der Waals surface area contributed by atoms with E-state index in [0.717, 1.165) is 13.1 Å². The molecule has 1 N–H and O–H groups in total. The van der Waals surface area contributed by atoms with Gasteiger partial charge >= 0.3 is 12.4 Å². The van der Waals surface area contributed by atoms with Crippen LogP contribution >= 0.6 is 0 Å². The van der Waals surface area contributed by atoms with Gasteiger partial charge in [-0.2, -0.15) is 26.3 Å². The molecule has 0 saturated carbocycles. The van der Waals surface area contributed by atoms with Crippen molar-refractivity contribution in [2.45, 2.75) is 24.6 Å². The Kier molecular flexibility index (Phi) is 6.26. The molecule has 0 aromatic heterocycles. The topological polar surface area (TPSA) is 35.9 Å². The number of rotatable bonds is 5. The van der Waals surface area contributed by atoms with Gasteiger partial charge < -0.3 is 14.7 Å². The second-order valence-corrected chi connectivity index (χ2v) is 5.05. The number of nitrogens with zero attached hydrogens (tertiary/aromatic N) is 2. The lowest BCUT2D eigenvalue weighted by molar-refractivity contribution is -0.324. The van der Waals surface area contributed by atoms with E-state index in [-0.39, 0.29) is 6.54 Å². The van der Waals surface area contributed by atoms with Gasteiger partial charge in [0.05, 0.1) is 12.7 Å². The van der Waals surface area contributed by atoms with Crippen LogP contribution in [0.25, 0.3) is 0 Å². The van der Waals surface area contributed by atoms with E-state index in [0.29, 0.717) is 13.1 Å². The lowest BCUT2D eigenvalue weighted by Crippen LogP contribution is -2.49. The molecule has 4 nitrogen and oxygen atoms in total. The molecule has 0 radical (unpaired) electrons. The van der Waals surface area contributed by atoms with Crippen LogP contribution in [-0.2, 0) is 4.74 Å². The third-order valence-corrected chi connectivity index (χ3v) is 3.11. The molecule has 1 fully saturated rings. The minimum absolute atomic E-state index is 0.0176. The number of aliphatic hydroxyl groups excluding tert-OH is 1. The van der Waals surface area contributed by atoms with Gasteiger partial charge in [-0.1, -0.05) is 0 Å². The summed E-state index contributed by atoms with van der Waals surface area (Å²) in [5.74, 6) is 0. The van der Waals surface area contributed by atoms with Crippen LogP contribution in [0, 0.1) is 0 Å². The number of halogens is 6. The monoisotopic (exact) mass is 324 g/mol. The zero-order valence-corrected chi connectivity index (χ0v) is 11.4. The van der Waals surface area contributed by atoms with Crippen molar-refractivity contribution in [3.05, 3.63) is 0 Å². The second-order valence-electron chi connectivity index (χ2n) is 5.05. The highest BCUT2D eigenvalue weighted by molar-refractivity contribution is 4.77. The van der Waals surface area contributed by atoms with Crippen molar-refractivity contribution in [3.63, 3.8) is 0 Å². The first-order valence-corrected chi connectivity index (χ1v) is 6.34. The fraction of sp³-hybridized carbons (Fsp3) is 1.00. The highest BCUT2D eigenvalue weighted by Gasteiger charge is 2.58. The van der Waals surface area contributed by atoms with Gasteiger partial charge in [-0.3, -0.25) is 4.90 Å². The van der Waals surface area contributed by atoms with Crippen molar-refractivity contribution in [1.29, 1.82) is 0 Å². The van der Waals surface area contributed by atoms with Crippen molar-refractivity contribution in [2.24, 2.45) is 0 Å². The fourth-order valence-electron chi connectivity index (χ4n) is 1.96. The van der Waals surface area contributed by atoms with Crippen molar-refractivity contribution < 1.29 is 36.2 Å². The smallest absolute Gasteiger partial charge is 0.389 e. The van der Waals surface area contributed by atoms with Gasteiger partial charge in [0.15, 0.2) is 0 Å². The molecular weight excluding hydrogens is 306 g/mol. The molecule has 0 aromatic rings. The molecule has 1 aliphatic rings. The summed E-state index contributed by atoms with van der Waals surface area (Å²) in [6, 6.07) is 0. The SMILES string of the molecule is CN1CCN(C[C@H](O)COC(C(F)(F)F)C(F)(F)F)CC1. The number of β-amino-alcohol motifs (C(OH)–C–C–N with tert-alkyl or cyclic N) is 1. The van der Waals surface area contributed by atoms with Crippen LogP contribution in [0.4, 0.5) is 26.3 Å². The molecule has 1 aliphatic heterocycles.